The molecule has 0 saturated heterocycles. The predicted octanol–water partition coefficient (Wildman–Crippen LogP) is 1.99. The monoisotopic (exact) mass is 299 g/mol. The molecule has 1 saturated carbocycles. The van der Waals surface area contributed by atoms with Crippen molar-refractivity contribution in [1.29, 1.82) is 0 Å². The van der Waals surface area contributed by atoms with Crippen LogP contribution in [-0.4, -0.2) is 54.3 Å². The summed E-state index contributed by atoms with van der Waals surface area (Å²) in [5.41, 5.74) is 0. The summed E-state index contributed by atoms with van der Waals surface area (Å²) in [5.74, 6) is 1.31. The summed E-state index contributed by atoms with van der Waals surface area (Å²) in [7, 11) is 1.70. The van der Waals surface area contributed by atoms with Gasteiger partial charge in [0, 0.05) is 32.8 Å². The molecule has 20 heavy (non-hydrogen) atoms. The van der Waals surface area contributed by atoms with Gasteiger partial charge in [-0.3, -0.25) is 0 Å². The van der Waals surface area contributed by atoms with Crippen LogP contribution < -0.4 is 9.80 Å². The zero-order chi connectivity index (χ0) is 14.5. The summed E-state index contributed by atoms with van der Waals surface area (Å²) >= 11 is 6.06. The average molecular weight is 300 g/mol. The summed E-state index contributed by atoms with van der Waals surface area (Å²) in [6, 6.07) is 0.508. The highest BCUT2D eigenvalue weighted by Gasteiger charge is 2.31. The minimum atomic E-state index is 0.250. The molecule has 0 radical (unpaired) electrons. The summed E-state index contributed by atoms with van der Waals surface area (Å²) in [5, 5.41) is 0.250. The first-order valence-electron chi connectivity index (χ1n) is 7.11. The van der Waals surface area contributed by atoms with E-state index in [4.69, 9.17) is 16.3 Å². The van der Waals surface area contributed by atoms with E-state index in [2.05, 4.69) is 38.6 Å². The zero-order valence-corrected chi connectivity index (χ0v) is 13.1. The summed E-state index contributed by atoms with van der Waals surface area (Å²) < 4.78 is 5.17. The van der Waals surface area contributed by atoms with Crippen molar-refractivity contribution in [2.75, 3.05) is 43.2 Å². The second-order valence-electron chi connectivity index (χ2n) is 4.79. The number of nitrogens with zero attached hydrogens (tertiary/aromatic N) is 5. The zero-order valence-electron chi connectivity index (χ0n) is 12.3. The maximum Gasteiger partial charge on any atom is 0.231 e. The Kier molecular flexibility index (Phi) is 5.37. The Labute approximate surface area is 125 Å². The van der Waals surface area contributed by atoms with Crippen LogP contribution in [0.25, 0.3) is 0 Å². The van der Waals surface area contributed by atoms with Crippen LogP contribution in [0, 0.1) is 0 Å². The lowest BCUT2D eigenvalue weighted by Crippen LogP contribution is -2.32. The minimum Gasteiger partial charge on any atom is -0.383 e. The second-order valence-corrected chi connectivity index (χ2v) is 5.13. The molecule has 2 rings (SSSR count). The van der Waals surface area contributed by atoms with Crippen molar-refractivity contribution in [2.45, 2.75) is 32.7 Å². The maximum atomic E-state index is 6.06. The van der Waals surface area contributed by atoms with Gasteiger partial charge in [0.15, 0.2) is 0 Å². The summed E-state index contributed by atoms with van der Waals surface area (Å²) in [4.78, 5) is 17.3. The molecule has 1 aliphatic carbocycles. The average Bonchev–Trinajstić information content (AvgIpc) is 3.25. The molecular weight excluding hydrogens is 278 g/mol. The van der Waals surface area contributed by atoms with Crippen molar-refractivity contribution in [2.24, 2.45) is 0 Å². The molecule has 1 aromatic heterocycles. The lowest BCUT2D eigenvalue weighted by atomic mass is 10.5. The third kappa shape index (κ3) is 3.70. The lowest BCUT2D eigenvalue weighted by Gasteiger charge is -2.24. The Bertz CT molecular complexity index is 437. The third-order valence-corrected chi connectivity index (χ3v) is 3.58. The van der Waals surface area contributed by atoms with Gasteiger partial charge in [0.1, 0.15) is 0 Å². The van der Waals surface area contributed by atoms with Crippen LogP contribution in [0.5, 0.6) is 0 Å². The van der Waals surface area contributed by atoms with Gasteiger partial charge in [0.2, 0.25) is 17.2 Å². The molecule has 0 unspecified atom stereocenters. The first-order valence-corrected chi connectivity index (χ1v) is 7.49. The second kappa shape index (κ2) is 7.04. The van der Waals surface area contributed by atoms with Crippen LogP contribution in [0.2, 0.25) is 5.28 Å². The molecule has 0 N–H and O–H groups in total. The molecule has 0 aliphatic heterocycles. The van der Waals surface area contributed by atoms with E-state index in [-0.39, 0.29) is 5.28 Å². The number of aromatic nitrogens is 3. The van der Waals surface area contributed by atoms with Crippen LogP contribution in [0.15, 0.2) is 0 Å². The van der Waals surface area contributed by atoms with Crippen LogP contribution in [0.1, 0.15) is 26.7 Å². The molecule has 1 fully saturated rings. The van der Waals surface area contributed by atoms with E-state index in [0.717, 1.165) is 19.6 Å². The maximum absolute atomic E-state index is 6.06. The Morgan fingerprint density at radius 3 is 2.35 bits per heavy atom. The number of hydrogen-bond acceptors (Lipinski definition) is 6. The SMILES string of the molecule is CCN(CC)c1nc(Cl)nc(N(CCOC)C2CC2)n1. The van der Waals surface area contributed by atoms with Gasteiger partial charge >= 0.3 is 0 Å². The highest BCUT2D eigenvalue weighted by Crippen LogP contribution is 2.30. The van der Waals surface area contributed by atoms with E-state index in [9.17, 15) is 0 Å². The van der Waals surface area contributed by atoms with Gasteiger partial charge in [-0.15, -0.1) is 0 Å². The fraction of sp³-hybridized carbons (Fsp3) is 0.769. The number of methoxy groups -OCH3 is 1. The van der Waals surface area contributed by atoms with Gasteiger partial charge in [0.05, 0.1) is 6.61 Å². The topological polar surface area (TPSA) is 54.4 Å². The molecule has 112 valence electrons. The highest BCUT2D eigenvalue weighted by molar-refractivity contribution is 6.28. The first-order chi connectivity index (χ1) is 9.69. The van der Waals surface area contributed by atoms with E-state index in [1.807, 2.05) is 0 Å². The number of ether oxygens (including phenoxy) is 1. The number of rotatable bonds is 8. The van der Waals surface area contributed by atoms with Crippen molar-refractivity contribution in [1.82, 2.24) is 15.0 Å². The number of hydrogen-bond donors (Lipinski definition) is 0. The number of anilines is 2. The van der Waals surface area contributed by atoms with Gasteiger partial charge < -0.3 is 14.5 Å². The van der Waals surface area contributed by atoms with Gasteiger partial charge in [-0.2, -0.15) is 15.0 Å². The van der Waals surface area contributed by atoms with E-state index in [0.29, 0.717) is 24.5 Å². The lowest BCUT2D eigenvalue weighted by molar-refractivity contribution is 0.204. The molecule has 7 heteroatoms. The van der Waals surface area contributed by atoms with Gasteiger partial charge in [0.25, 0.3) is 0 Å². The molecule has 1 heterocycles. The Morgan fingerprint density at radius 2 is 1.80 bits per heavy atom. The smallest absolute Gasteiger partial charge is 0.231 e. The molecular formula is C13H22ClN5O. The van der Waals surface area contributed by atoms with Gasteiger partial charge in [-0.1, -0.05) is 0 Å². The van der Waals surface area contributed by atoms with Crippen LogP contribution >= 0.6 is 11.6 Å². The Balaban J connectivity index is 2.24. The molecule has 1 aromatic rings. The summed E-state index contributed by atoms with van der Waals surface area (Å²) in [6.45, 7) is 7.27. The molecule has 6 nitrogen and oxygen atoms in total. The minimum absolute atomic E-state index is 0.250. The Hall–Kier alpha value is -1.14. The third-order valence-electron chi connectivity index (χ3n) is 3.41. The Morgan fingerprint density at radius 1 is 1.15 bits per heavy atom. The van der Waals surface area contributed by atoms with Crippen molar-refractivity contribution in [3.63, 3.8) is 0 Å². The number of halogens is 1. The van der Waals surface area contributed by atoms with E-state index in [1.54, 1.807) is 7.11 Å². The molecule has 0 amide bonds. The standard InChI is InChI=1S/C13H22ClN5O/c1-4-18(5-2)12-15-11(14)16-13(17-12)19(8-9-20-3)10-6-7-10/h10H,4-9H2,1-3H3. The predicted molar refractivity (Wildman–Crippen MR) is 80.6 cm³/mol. The van der Waals surface area contributed by atoms with Gasteiger partial charge in [-0.05, 0) is 38.3 Å². The van der Waals surface area contributed by atoms with E-state index < -0.39 is 0 Å². The van der Waals surface area contributed by atoms with E-state index in [1.165, 1.54) is 12.8 Å². The quantitative estimate of drug-likeness (QED) is 0.732. The molecule has 0 spiro atoms. The van der Waals surface area contributed by atoms with Crippen LogP contribution in [0.4, 0.5) is 11.9 Å². The summed E-state index contributed by atoms with van der Waals surface area (Å²) in [6.07, 6.45) is 2.35. The highest BCUT2D eigenvalue weighted by atomic mass is 35.5. The normalized spacial score (nSPS) is 14.4. The van der Waals surface area contributed by atoms with Gasteiger partial charge in [-0.25, -0.2) is 0 Å². The van der Waals surface area contributed by atoms with E-state index >= 15 is 0 Å². The van der Waals surface area contributed by atoms with Crippen LogP contribution in [-0.2, 0) is 4.74 Å². The molecule has 0 bridgehead atoms. The largest absolute Gasteiger partial charge is 0.383 e. The van der Waals surface area contributed by atoms with Crippen molar-refractivity contribution < 1.29 is 4.74 Å². The molecule has 1 aliphatic rings. The van der Waals surface area contributed by atoms with Crippen molar-refractivity contribution in [3.05, 3.63) is 5.28 Å². The van der Waals surface area contributed by atoms with Crippen LogP contribution in [0.3, 0.4) is 0 Å². The first kappa shape index (κ1) is 15.3. The fourth-order valence-corrected chi connectivity index (χ4v) is 2.28. The fourth-order valence-electron chi connectivity index (χ4n) is 2.13. The molecule has 0 aromatic carbocycles. The van der Waals surface area contributed by atoms with Crippen molar-refractivity contribution in [3.8, 4) is 0 Å². The molecule has 0 atom stereocenters. The van der Waals surface area contributed by atoms with Crippen molar-refractivity contribution >= 4 is 23.5 Å².